The maximum absolute atomic E-state index is 4.54. The monoisotopic (exact) mass is 658 g/mol. The first kappa shape index (κ1) is 25.1. The summed E-state index contributed by atoms with van der Waals surface area (Å²) in [4.78, 5) is 4.22. The molecule has 0 saturated carbocycles. The predicted molar refractivity (Wildman–Crippen MR) is 136 cm³/mol. The molecule has 0 radical (unpaired) electrons. The molecule has 0 saturated heterocycles. The van der Waals surface area contributed by atoms with Crippen molar-refractivity contribution in [3.05, 3.63) is 129 Å². The fraction of sp³-hybridized carbons (Fsp3) is 0.0800. The summed E-state index contributed by atoms with van der Waals surface area (Å²) in [6, 6.07) is 20.7. The van der Waals surface area contributed by atoms with Crippen LogP contribution in [0.2, 0.25) is 0 Å². The van der Waals surface area contributed by atoms with Crippen LogP contribution in [0.1, 0.15) is 0 Å². The molecule has 0 bridgehead atoms. The molecular weight excluding hydrogens is 632 g/mol. The van der Waals surface area contributed by atoms with Crippen LogP contribution < -0.4 is 0 Å². The van der Waals surface area contributed by atoms with Crippen molar-refractivity contribution in [3.63, 3.8) is 0 Å². The van der Waals surface area contributed by atoms with Crippen LogP contribution in [-0.4, -0.2) is 49.1 Å². The summed E-state index contributed by atoms with van der Waals surface area (Å²) in [5, 5.41) is 9.08. The Labute approximate surface area is 224 Å². The molecule has 5 heterocycles. The number of imidazole rings is 2. The zero-order valence-corrected chi connectivity index (χ0v) is 22.2. The normalized spacial score (nSPS) is 10.8. The molecule has 6 rings (SSSR count). The molecule has 0 amide bonds. The van der Waals surface area contributed by atoms with Crippen molar-refractivity contribution in [2.24, 2.45) is 14.1 Å². The molecular formula is C25H26BN9Pt. The zero-order chi connectivity index (χ0) is 24.1. The quantitative estimate of drug-likeness (QED) is 0.211. The fourth-order valence-electron chi connectivity index (χ4n) is 4.22. The third kappa shape index (κ3) is 4.85. The van der Waals surface area contributed by atoms with Crippen molar-refractivity contribution in [3.8, 4) is 11.3 Å². The van der Waals surface area contributed by atoms with Crippen LogP contribution in [0.3, 0.4) is 0 Å². The summed E-state index contributed by atoms with van der Waals surface area (Å²) in [6.07, 6.45) is 21.4. The summed E-state index contributed by atoms with van der Waals surface area (Å²) in [7, 11) is 4.00. The van der Waals surface area contributed by atoms with E-state index in [1.165, 1.54) is 0 Å². The number of hydrogen-bond acceptors (Lipinski definition) is 3. The van der Waals surface area contributed by atoms with Crippen molar-refractivity contribution in [2.75, 3.05) is 0 Å². The summed E-state index contributed by atoms with van der Waals surface area (Å²) in [5.41, 5.74) is 2.01. The number of rotatable bonds is 5. The first-order valence-corrected chi connectivity index (χ1v) is 11.3. The summed E-state index contributed by atoms with van der Waals surface area (Å²) < 4.78 is 12.1. The Morgan fingerprint density at radius 1 is 0.694 bits per heavy atom. The molecule has 0 aliphatic rings. The Hall–Kier alpha value is -4.04. The molecule has 0 aliphatic carbocycles. The molecule has 36 heavy (non-hydrogen) atoms. The molecule has 0 atom stereocenters. The number of aromatic nitrogens is 9. The average molecular weight is 658 g/mol. The third-order valence-electron chi connectivity index (χ3n) is 5.79. The van der Waals surface area contributed by atoms with Crippen molar-refractivity contribution >= 4 is 6.69 Å². The third-order valence-corrected chi connectivity index (χ3v) is 5.79. The Morgan fingerprint density at radius 3 is 1.72 bits per heavy atom. The van der Waals surface area contributed by atoms with Crippen molar-refractivity contribution in [1.29, 1.82) is 0 Å². The maximum atomic E-state index is 4.54. The van der Waals surface area contributed by atoms with E-state index in [9.17, 15) is 0 Å². The van der Waals surface area contributed by atoms with E-state index in [4.69, 9.17) is 0 Å². The van der Waals surface area contributed by atoms with Gasteiger partial charge in [0.2, 0.25) is 0 Å². The second kappa shape index (κ2) is 11.1. The van der Waals surface area contributed by atoms with Crippen LogP contribution in [-0.2, 0) is 35.2 Å². The van der Waals surface area contributed by atoms with E-state index < -0.39 is 6.69 Å². The summed E-state index contributed by atoms with van der Waals surface area (Å²) in [6.45, 7) is -1.69. The molecule has 11 heteroatoms. The van der Waals surface area contributed by atoms with E-state index >= 15 is 0 Å². The molecule has 0 N–H and O–H groups in total. The van der Waals surface area contributed by atoms with Gasteiger partial charge in [0.25, 0.3) is 0 Å². The largest absolute Gasteiger partial charge is 0.485 e. The SMILES string of the molecule is Cn1ccn([B-](n2ccn(C)[cH+]2)(n2cccn2)n2cccn2)[cH+]1.[Pt].[c-]1ccccc1-c1ccccn1. The Morgan fingerprint density at radius 2 is 1.31 bits per heavy atom. The fourth-order valence-corrected chi connectivity index (χ4v) is 4.22. The van der Waals surface area contributed by atoms with Crippen LogP contribution >= 0.6 is 0 Å². The van der Waals surface area contributed by atoms with Crippen molar-refractivity contribution in [2.45, 2.75) is 0 Å². The number of aryl methyl sites for hydroxylation is 2. The molecule has 1 aromatic carbocycles. The summed E-state index contributed by atoms with van der Waals surface area (Å²) >= 11 is 0. The van der Waals surface area contributed by atoms with E-state index in [1.807, 2.05) is 137 Å². The van der Waals surface area contributed by atoms with E-state index in [0.29, 0.717) is 0 Å². The molecule has 5 aromatic heterocycles. The molecule has 6 aromatic rings. The zero-order valence-electron chi connectivity index (χ0n) is 20.0. The predicted octanol–water partition coefficient (Wildman–Crippen LogP) is 3.40. The van der Waals surface area contributed by atoms with Gasteiger partial charge in [-0.05, 0) is 36.3 Å². The van der Waals surface area contributed by atoms with E-state index in [-0.39, 0.29) is 21.1 Å². The number of pyridine rings is 1. The van der Waals surface area contributed by atoms with E-state index in [2.05, 4.69) is 30.2 Å². The van der Waals surface area contributed by atoms with Gasteiger partial charge in [-0.25, -0.2) is 19.3 Å². The molecule has 0 spiro atoms. The maximum Gasteiger partial charge on any atom is 0.485 e. The van der Waals surface area contributed by atoms with Gasteiger partial charge >= 0.3 is 6.69 Å². The standard InChI is InChI=1S/C14H18BN8.C11H8N.Pt/c1-18-9-11-20(13-18)15(22-7-3-5-16-22,23-8-4-6-17-23)21-12-10-19(2)14-21;1-2-6-10(7-3-1)11-8-4-5-9-12-11;/h3-14H,1-2H3;1-6,8-9H;/q+1;-1;. The minimum atomic E-state index is -1.69. The van der Waals surface area contributed by atoms with Crippen LogP contribution in [0.25, 0.3) is 11.3 Å². The van der Waals surface area contributed by atoms with Gasteiger partial charge < -0.3 is 23.1 Å². The van der Waals surface area contributed by atoms with E-state index in [1.54, 1.807) is 18.6 Å². The number of nitrogens with zero attached hydrogens (tertiary/aromatic N) is 9. The van der Waals surface area contributed by atoms with Crippen LogP contribution in [0, 0.1) is 6.07 Å². The van der Waals surface area contributed by atoms with Crippen LogP contribution in [0.15, 0.2) is 123 Å². The van der Waals surface area contributed by atoms with Gasteiger partial charge in [-0.1, -0.05) is 12.1 Å². The van der Waals surface area contributed by atoms with Gasteiger partial charge in [-0.15, -0.1) is 35.9 Å². The molecule has 184 valence electrons. The van der Waals surface area contributed by atoms with Crippen LogP contribution in [0.4, 0.5) is 0 Å². The first-order valence-electron chi connectivity index (χ1n) is 11.3. The average Bonchev–Trinajstić information content (AvgIpc) is 3.72. The van der Waals surface area contributed by atoms with Gasteiger partial charge in [0, 0.05) is 53.8 Å². The number of hydrogen-bond donors (Lipinski definition) is 0. The minimum Gasteiger partial charge on any atom is -0.378 e. The van der Waals surface area contributed by atoms with Gasteiger partial charge in [0.15, 0.2) is 12.4 Å². The minimum absolute atomic E-state index is 0. The molecule has 0 unspecified atom stereocenters. The van der Waals surface area contributed by atoms with Crippen molar-refractivity contribution in [1.82, 2.24) is 42.5 Å². The molecule has 0 aliphatic heterocycles. The summed E-state index contributed by atoms with van der Waals surface area (Å²) in [5.74, 6) is 0. The first-order chi connectivity index (χ1) is 17.2. The smallest absolute Gasteiger partial charge is 0.378 e. The van der Waals surface area contributed by atoms with Gasteiger partial charge in [0.05, 0.1) is 0 Å². The molecule has 0 fully saturated rings. The Bertz CT molecular complexity index is 1350. The molecule has 9 nitrogen and oxygen atoms in total. The van der Waals surface area contributed by atoms with Gasteiger partial charge in [-0.2, -0.15) is 0 Å². The van der Waals surface area contributed by atoms with Crippen molar-refractivity contribution < 1.29 is 21.1 Å². The van der Waals surface area contributed by atoms with Crippen LogP contribution in [0.5, 0.6) is 0 Å². The second-order valence-corrected chi connectivity index (χ2v) is 8.21. The van der Waals surface area contributed by atoms with Gasteiger partial charge in [0.1, 0.15) is 25.0 Å². The topological polar surface area (TPSA) is 68.2 Å². The number of benzene rings is 1. The van der Waals surface area contributed by atoms with Gasteiger partial charge in [-0.3, -0.25) is 0 Å². The Balaban J connectivity index is 0.000000198. The second-order valence-electron chi connectivity index (χ2n) is 8.21. The van der Waals surface area contributed by atoms with E-state index in [0.717, 1.165) is 11.3 Å². The Kier molecular flexibility index (Phi) is 7.75.